The fraction of sp³-hybridized carbons (Fsp3) is 0.357. The summed E-state index contributed by atoms with van der Waals surface area (Å²) in [6.07, 6.45) is 0.364. The first kappa shape index (κ1) is 14.7. The second-order valence-electron chi connectivity index (χ2n) is 4.76. The van der Waals surface area contributed by atoms with Gasteiger partial charge in [-0.25, -0.2) is 9.97 Å². The summed E-state index contributed by atoms with van der Waals surface area (Å²) in [4.78, 5) is 20.3. The minimum absolute atomic E-state index is 0.135. The first-order chi connectivity index (χ1) is 9.56. The van der Waals surface area contributed by atoms with Crippen LogP contribution in [0.5, 0.6) is 0 Å². The molecule has 0 radical (unpaired) electrons. The quantitative estimate of drug-likeness (QED) is 0.889. The van der Waals surface area contributed by atoms with Crippen molar-refractivity contribution in [3.8, 4) is 0 Å². The molecule has 2 N–H and O–H groups in total. The van der Waals surface area contributed by atoms with Crippen molar-refractivity contribution >= 4 is 34.4 Å². The summed E-state index contributed by atoms with van der Waals surface area (Å²) >= 11 is 6.03. The van der Waals surface area contributed by atoms with Gasteiger partial charge >= 0.3 is 0 Å². The van der Waals surface area contributed by atoms with E-state index in [1.165, 1.54) is 0 Å². The van der Waals surface area contributed by atoms with Gasteiger partial charge in [0.25, 0.3) is 0 Å². The first-order valence-electron chi connectivity index (χ1n) is 6.52. The monoisotopic (exact) mass is 292 g/mol. The standard InChI is InChI=1S/C14H17ClN4O/c1-9(2)16-8-7-12(20)19-14-13(15)17-10-5-3-4-6-11(10)18-14/h3-6,9,16H,7-8H2,1-2H3,(H,18,19,20). The Kier molecular flexibility index (Phi) is 4.87. The Bertz CT molecular complexity index is 615. The maximum Gasteiger partial charge on any atom is 0.226 e. The van der Waals surface area contributed by atoms with Crippen LogP contribution in [0.25, 0.3) is 11.0 Å². The summed E-state index contributed by atoms with van der Waals surface area (Å²) in [6, 6.07) is 7.74. The van der Waals surface area contributed by atoms with Gasteiger partial charge in [0.1, 0.15) is 0 Å². The Morgan fingerprint density at radius 1 is 1.25 bits per heavy atom. The SMILES string of the molecule is CC(C)NCCC(=O)Nc1nc2ccccc2nc1Cl. The third-order valence-corrected chi connectivity index (χ3v) is 2.95. The molecule has 0 atom stereocenters. The summed E-state index contributed by atoms with van der Waals surface area (Å²) in [6.45, 7) is 4.68. The van der Waals surface area contributed by atoms with Gasteiger partial charge < -0.3 is 10.6 Å². The molecular weight excluding hydrogens is 276 g/mol. The van der Waals surface area contributed by atoms with E-state index in [0.717, 1.165) is 0 Å². The Morgan fingerprint density at radius 2 is 1.90 bits per heavy atom. The van der Waals surface area contributed by atoms with E-state index in [2.05, 4.69) is 20.6 Å². The van der Waals surface area contributed by atoms with Crippen molar-refractivity contribution < 1.29 is 4.79 Å². The van der Waals surface area contributed by atoms with Crippen molar-refractivity contribution in [3.05, 3.63) is 29.4 Å². The molecule has 5 nitrogen and oxygen atoms in total. The summed E-state index contributed by atoms with van der Waals surface area (Å²) in [5.41, 5.74) is 1.41. The molecule has 1 heterocycles. The van der Waals surface area contributed by atoms with Crippen LogP contribution in [0.4, 0.5) is 5.82 Å². The van der Waals surface area contributed by atoms with E-state index in [9.17, 15) is 4.79 Å². The minimum atomic E-state index is -0.135. The number of rotatable bonds is 5. The highest BCUT2D eigenvalue weighted by atomic mass is 35.5. The normalized spacial score (nSPS) is 11.0. The minimum Gasteiger partial charge on any atom is -0.314 e. The lowest BCUT2D eigenvalue weighted by molar-refractivity contribution is -0.116. The van der Waals surface area contributed by atoms with E-state index in [0.29, 0.717) is 35.9 Å². The molecule has 0 aliphatic heterocycles. The highest BCUT2D eigenvalue weighted by molar-refractivity contribution is 6.32. The predicted octanol–water partition coefficient (Wildman–Crippen LogP) is 2.61. The Balaban J connectivity index is 2.05. The van der Waals surface area contributed by atoms with Gasteiger partial charge in [0, 0.05) is 19.0 Å². The van der Waals surface area contributed by atoms with E-state index in [1.54, 1.807) is 0 Å². The van der Waals surface area contributed by atoms with Gasteiger partial charge in [-0.05, 0) is 12.1 Å². The average Bonchev–Trinajstić information content (AvgIpc) is 2.39. The van der Waals surface area contributed by atoms with Crippen LogP contribution < -0.4 is 10.6 Å². The van der Waals surface area contributed by atoms with Gasteiger partial charge in [-0.2, -0.15) is 0 Å². The fourth-order valence-corrected chi connectivity index (χ4v) is 1.91. The lowest BCUT2D eigenvalue weighted by Crippen LogP contribution is -2.27. The van der Waals surface area contributed by atoms with Gasteiger partial charge in [-0.3, -0.25) is 4.79 Å². The van der Waals surface area contributed by atoms with Gasteiger partial charge in [-0.1, -0.05) is 37.6 Å². The van der Waals surface area contributed by atoms with E-state index >= 15 is 0 Å². The number of hydrogen-bond donors (Lipinski definition) is 2. The summed E-state index contributed by atoms with van der Waals surface area (Å²) < 4.78 is 0. The molecule has 1 aromatic heterocycles. The highest BCUT2D eigenvalue weighted by Gasteiger charge is 2.10. The summed E-state index contributed by atoms with van der Waals surface area (Å²) in [5, 5.41) is 6.07. The highest BCUT2D eigenvalue weighted by Crippen LogP contribution is 2.20. The van der Waals surface area contributed by atoms with Crippen LogP contribution in [0.3, 0.4) is 0 Å². The molecule has 1 amide bonds. The molecular formula is C14H17ClN4O. The molecule has 0 aliphatic rings. The molecule has 20 heavy (non-hydrogen) atoms. The first-order valence-corrected chi connectivity index (χ1v) is 6.89. The molecule has 0 saturated heterocycles. The summed E-state index contributed by atoms with van der Waals surface area (Å²) in [7, 11) is 0. The Labute approximate surface area is 122 Å². The molecule has 2 aromatic rings. The smallest absolute Gasteiger partial charge is 0.226 e. The van der Waals surface area contributed by atoms with Crippen molar-refractivity contribution in [1.82, 2.24) is 15.3 Å². The van der Waals surface area contributed by atoms with Crippen LogP contribution in [0.2, 0.25) is 5.15 Å². The number of carbonyl (C=O) groups excluding carboxylic acids is 1. The number of anilines is 1. The average molecular weight is 293 g/mol. The third-order valence-electron chi connectivity index (χ3n) is 2.69. The van der Waals surface area contributed by atoms with E-state index in [4.69, 9.17) is 11.6 Å². The number of nitrogens with zero attached hydrogens (tertiary/aromatic N) is 2. The van der Waals surface area contributed by atoms with Crippen LogP contribution in [0.1, 0.15) is 20.3 Å². The van der Waals surface area contributed by atoms with Gasteiger partial charge in [-0.15, -0.1) is 0 Å². The molecule has 1 aromatic carbocycles. The lowest BCUT2D eigenvalue weighted by atomic mass is 10.3. The number of carbonyl (C=O) groups is 1. The zero-order valence-corrected chi connectivity index (χ0v) is 12.2. The summed E-state index contributed by atoms with van der Waals surface area (Å²) in [5.74, 6) is 0.171. The van der Waals surface area contributed by atoms with Crippen molar-refractivity contribution in [1.29, 1.82) is 0 Å². The number of halogens is 1. The van der Waals surface area contributed by atoms with Gasteiger partial charge in [0.15, 0.2) is 11.0 Å². The zero-order chi connectivity index (χ0) is 14.5. The van der Waals surface area contributed by atoms with Crippen LogP contribution in [0, 0.1) is 0 Å². The molecule has 0 unspecified atom stereocenters. The molecule has 0 fully saturated rings. The maximum atomic E-state index is 11.8. The van der Waals surface area contributed by atoms with Crippen LogP contribution in [-0.2, 0) is 4.79 Å². The molecule has 0 saturated carbocycles. The maximum absolute atomic E-state index is 11.8. The van der Waals surface area contributed by atoms with E-state index in [-0.39, 0.29) is 11.1 Å². The van der Waals surface area contributed by atoms with E-state index in [1.807, 2.05) is 38.1 Å². The lowest BCUT2D eigenvalue weighted by Gasteiger charge is -2.09. The van der Waals surface area contributed by atoms with E-state index < -0.39 is 0 Å². The predicted molar refractivity (Wildman–Crippen MR) is 80.9 cm³/mol. The van der Waals surface area contributed by atoms with Crippen LogP contribution in [0.15, 0.2) is 24.3 Å². The Morgan fingerprint density at radius 3 is 2.55 bits per heavy atom. The molecule has 0 bridgehead atoms. The van der Waals surface area contributed by atoms with Crippen molar-refractivity contribution in [2.24, 2.45) is 0 Å². The number of para-hydroxylation sites is 2. The second kappa shape index (κ2) is 6.63. The zero-order valence-electron chi connectivity index (χ0n) is 11.5. The second-order valence-corrected chi connectivity index (χ2v) is 5.12. The largest absolute Gasteiger partial charge is 0.314 e. The van der Waals surface area contributed by atoms with Crippen molar-refractivity contribution in [2.45, 2.75) is 26.3 Å². The molecule has 0 spiro atoms. The molecule has 0 aliphatic carbocycles. The molecule has 6 heteroatoms. The topological polar surface area (TPSA) is 66.9 Å². The number of fused-ring (bicyclic) bond motifs is 1. The third kappa shape index (κ3) is 3.88. The van der Waals surface area contributed by atoms with Crippen LogP contribution in [-0.4, -0.2) is 28.5 Å². The number of nitrogens with one attached hydrogen (secondary N) is 2. The number of aromatic nitrogens is 2. The molecule has 2 rings (SSSR count). The van der Waals surface area contributed by atoms with Gasteiger partial charge in [0.2, 0.25) is 5.91 Å². The van der Waals surface area contributed by atoms with Crippen LogP contribution >= 0.6 is 11.6 Å². The van der Waals surface area contributed by atoms with Gasteiger partial charge in [0.05, 0.1) is 11.0 Å². The number of hydrogen-bond acceptors (Lipinski definition) is 4. The molecule has 106 valence electrons. The Hall–Kier alpha value is -1.72. The number of benzene rings is 1. The fourth-order valence-electron chi connectivity index (χ4n) is 1.73. The van der Waals surface area contributed by atoms with Crippen molar-refractivity contribution in [2.75, 3.05) is 11.9 Å². The number of amides is 1. The van der Waals surface area contributed by atoms with Crippen molar-refractivity contribution in [3.63, 3.8) is 0 Å².